The van der Waals surface area contributed by atoms with Gasteiger partial charge in [-0.2, -0.15) is 0 Å². The van der Waals surface area contributed by atoms with Gasteiger partial charge in [0, 0.05) is 24.9 Å². The van der Waals surface area contributed by atoms with Crippen molar-refractivity contribution < 1.29 is 23.8 Å². The maximum Gasteiger partial charge on any atom is 0.254 e. The smallest absolute Gasteiger partial charge is 0.254 e. The standard InChI is InChI=1S/C20H26N2O5/c1-12(2)5-6-18-21-14-11-22(8-7-15(14)27-18)20(24)13-9-16(25-3)19(23)17(10-13)26-4/h9-10,12,23H,5-8,11H2,1-4H3. The second kappa shape index (κ2) is 7.90. The Balaban J connectivity index is 1.78. The molecule has 1 N–H and O–H groups in total. The lowest BCUT2D eigenvalue weighted by Crippen LogP contribution is -2.35. The average Bonchev–Trinajstić information content (AvgIpc) is 3.08. The van der Waals surface area contributed by atoms with E-state index in [0.29, 0.717) is 31.0 Å². The molecule has 146 valence electrons. The van der Waals surface area contributed by atoms with Crippen molar-refractivity contribution in [2.45, 2.75) is 39.7 Å². The highest BCUT2D eigenvalue weighted by Crippen LogP contribution is 2.37. The number of benzene rings is 1. The highest BCUT2D eigenvalue weighted by atomic mass is 16.5. The van der Waals surface area contributed by atoms with Crippen molar-refractivity contribution in [3.63, 3.8) is 0 Å². The first-order chi connectivity index (χ1) is 12.9. The zero-order valence-electron chi connectivity index (χ0n) is 16.2. The molecule has 7 heteroatoms. The number of fused-ring (bicyclic) bond motifs is 1. The molecule has 0 saturated carbocycles. The number of methoxy groups -OCH3 is 2. The number of amides is 1. The highest BCUT2D eigenvalue weighted by Gasteiger charge is 2.27. The van der Waals surface area contributed by atoms with Gasteiger partial charge in [-0.25, -0.2) is 4.98 Å². The van der Waals surface area contributed by atoms with E-state index in [1.807, 2.05) is 0 Å². The molecule has 1 aliphatic rings. The SMILES string of the molecule is COc1cc(C(=O)N2CCc3oc(CCC(C)C)nc3C2)cc(OC)c1O. The number of carbonyl (C=O) groups is 1. The number of hydrogen-bond acceptors (Lipinski definition) is 6. The van der Waals surface area contributed by atoms with E-state index >= 15 is 0 Å². The molecule has 0 atom stereocenters. The summed E-state index contributed by atoms with van der Waals surface area (Å²) in [7, 11) is 2.87. The summed E-state index contributed by atoms with van der Waals surface area (Å²) in [5.41, 5.74) is 1.22. The van der Waals surface area contributed by atoms with Crippen LogP contribution in [0.25, 0.3) is 0 Å². The van der Waals surface area contributed by atoms with E-state index in [4.69, 9.17) is 13.9 Å². The Kier molecular flexibility index (Phi) is 5.58. The van der Waals surface area contributed by atoms with Crippen LogP contribution < -0.4 is 9.47 Å². The minimum Gasteiger partial charge on any atom is -0.502 e. The van der Waals surface area contributed by atoms with Crippen molar-refractivity contribution >= 4 is 5.91 Å². The zero-order valence-corrected chi connectivity index (χ0v) is 16.2. The van der Waals surface area contributed by atoms with Crippen LogP contribution in [0.1, 0.15) is 48.0 Å². The number of nitrogens with zero attached hydrogens (tertiary/aromatic N) is 2. The van der Waals surface area contributed by atoms with Crippen LogP contribution in [-0.2, 0) is 19.4 Å². The monoisotopic (exact) mass is 374 g/mol. The molecular weight excluding hydrogens is 348 g/mol. The lowest BCUT2D eigenvalue weighted by molar-refractivity contribution is 0.0727. The molecule has 0 radical (unpaired) electrons. The number of rotatable bonds is 6. The molecule has 0 unspecified atom stereocenters. The number of hydrogen-bond donors (Lipinski definition) is 1. The van der Waals surface area contributed by atoms with Crippen LogP contribution in [0.4, 0.5) is 0 Å². The van der Waals surface area contributed by atoms with Crippen LogP contribution in [0.5, 0.6) is 17.2 Å². The van der Waals surface area contributed by atoms with Gasteiger partial charge in [0.05, 0.1) is 20.8 Å². The summed E-state index contributed by atoms with van der Waals surface area (Å²) in [5.74, 6) is 2.33. The lowest BCUT2D eigenvalue weighted by Gasteiger charge is -2.25. The highest BCUT2D eigenvalue weighted by molar-refractivity contribution is 5.95. The van der Waals surface area contributed by atoms with Crippen LogP contribution in [-0.4, -0.2) is 41.7 Å². The fourth-order valence-electron chi connectivity index (χ4n) is 3.14. The Morgan fingerprint density at radius 2 is 1.96 bits per heavy atom. The van der Waals surface area contributed by atoms with Gasteiger partial charge in [0.15, 0.2) is 17.4 Å². The summed E-state index contributed by atoms with van der Waals surface area (Å²) in [6, 6.07) is 3.04. The fourth-order valence-corrected chi connectivity index (χ4v) is 3.14. The maximum absolute atomic E-state index is 13.0. The van der Waals surface area contributed by atoms with Gasteiger partial charge >= 0.3 is 0 Å². The van der Waals surface area contributed by atoms with Gasteiger partial charge < -0.3 is 23.9 Å². The Labute approximate surface area is 158 Å². The fraction of sp³-hybridized carbons (Fsp3) is 0.500. The van der Waals surface area contributed by atoms with Crippen molar-refractivity contribution in [1.82, 2.24) is 9.88 Å². The first kappa shape index (κ1) is 19.1. The molecule has 0 aliphatic carbocycles. The molecule has 27 heavy (non-hydrogen) atoms. The van der Waals surface area contributed by atoms with E-state index in [-0.39, 0.29) is 23.2 Å². The molecule has 1 aromatic heterocycles. The number of aromatic hydroxyl groups is 1. The largest absolute Gasteiger partial charge is 0.502 e. The van der Waals surface area contributed by atoms with E-state index in [2.05, 4.69) is 18.8 Å². The predicted molar refractivity (Wildman–Crippen MR) is 99.3 cm³/mol. The topological polar surface area (TPSA) is 85.0 Å². The van der Waals surface area contributed by atoms with E-state index in [1.54, 1.807) is 4.90 Å². The molecule has 2 aromatic rings. The molecule has 1 aliphatic heterocycles. The predicted octanol–water partition coefficient (Wildman–Crippen LogP) is 3.18. The Morgan fingerprint density at radius 3 is 2.56 bits per heavy atom. The molecule has 7 nitrogen and oxygen atoms in total. The van der Waals surface area contributed by atoms with E-state index in [0.717, 1.165) is 30.2 Å². The van der Waals surface area contributed by atoms with E-state index < -0.39 is 0 Å². The van der Waals surface area contributed by atoms with Gasteiger partial charge in [0.25, 0.3) is 5.91 Å². The van der Waals surface area contributed by atoms with Crippen molar-refractivity contribution in [1.29, 1.82) is 0 Å². The van der Waals surface area contributed by atoms with Gasteiger partial charge in [-0.1, -0.05) is 13.8 Å². The average molecular weight is 374 g/mol. The molecule has 0 fully saturated rings. The van der Waals surface area contributed by atoms with Crippen LogP contribution >= 0.6 is 0 Å². The zero-order chi connectivity index (χ0) is 19.6. The third kappa shape index (κ3) is 4.02. The Hall–Kier alpha value is -2.70. The minimum atomic E-state index is -0.163. The van der Waals surface area contributed by atoms with Gasteiger partial charge in [-0.3, -0.25) is 4.79 Å². The number of carbonyl (C=O) groups excluding carboxylic acids is 1. The van der Waals surface area contributed by atoms with Gasteiger partial charge in [0.1, 0.15) is 11.5 Å². The number of aromatic nitrogens is 1. The number of ether oxygens (including phenoxy) is 2. The van der Waals surface area contributed by atoms with Gasteiger partial charge in [0.2, 0.25) is 5.75 Å². The Morgan fingerprint density at radius 1 is 1.30 bits per heavy atom. The maximum atomic E-state index is 13.0. The summed E-state index contributed by atoms with van der Waals surface area (Å²) in [5, 5.41) is 10.0. The Bertz CT molecular complexity index is 803. The summed E-state index contributed by atoms with van der Waals surface area (Å²) in [4.78, 5) is 19.3. The van der Waals surface area contributed by atoms with Crippen LogP contribution in [0, 0.1) is 5.92 Å². The van der Waals surface area contributed by atoms with E-state index in [1.165, 1.54) is 26.4 Å². The first-order valence-electron chi connectivity index (χ1n) is 9.14. The first-order valence-corrected chi connectivity index (χ1v) is 9.14. The summed E-state index contributed by atoms with van der Waals surface area (Å²) in [6.07, 6.45) is 2.47. The van der Waals surface area contributed by atoms with Crippen LogP contribution in [0.2, 0.25) is 0 Å². The van der Waals surface area contributed by atoms with Crippen LogP contribution in [0.15, 0.2) is 16.5 Å². The van der Waals surface area contributed by atoms with Gasteiger partial charge in [-0.05, 0) is 24.5 Å². The number of phenols is 1. The second-order valence-corrected chi connectivity index (χ2v) is 7.12. The summed E-state index contributed by atoms with van der Waals surface area (Å²) in [6.45, 7) is 5.30. The molecule has 1 aromatic carbocycles. The normalized spacial score (nSPS) is 13.6. The van der Waals surface area contributed by atoms with E-state index in [9.17, 15) is 9.90 Å². The molecule has 0 spiro atoms. The summed E-state index contributed by atoms with van der Waals surface area (Å²) >= 11 is 0. The summed E-state index contributed by atoms with van der Waals surface area (Å²) < 4.78 is 16.1. The number of phenolic OH excluding ortho intramolecular Hbond substituents is 1. The number of aryl methyl sites for hydroxylation is 1. The van der Waals surface area contributed by atoms with Gasteiger partial charge in [-0.15, -0.1) is 0 Å². The lowest BCUT2D eigenvalue weighted by atomic mass is 10.1. The minimum absolute atomic E-state index is 0.122. The molecule has 0 bridgehead atoms. The molecule has 3 rings (SSSR count). The molecular formula is C20H26N2O5. The van der Waals surface area contributed by atoms with Crippen LogP contribution in [0.3, 0.4) is 0 Å². The quantitative estimate of drug-likeness (QED) is 0.836. The molecule has 2 heterocycles. The second-order valence-electron chi connectivity index (χ2n) is 7.12. The third-order valence-electron chi connectivity index (χ3n) is 4.72. The van der Waals surface area contributed by atoms with Crippen molar-refractivity contribution in [3.8, 4) is 17.2 Å². The van der Waals surface area contributed by atoms with Crippen molar-refractivity contribution in [2.24, 2.45) is 5.92 Å². The molecule has 0 saturated heterocycles. The van der Waals surface area contributed by atoms with Crippen molar-refractivity contribution in [2.75, 3.05) is 20.8 Å². The number of oxazole rings is 1. The van der Waals surface area contributed by atoms with Crippen molar-refractivity contribution in [3.05, 3.63) is 35.0 Å². The third-order valence-corrected chi connectivity index (χ3v) is 4.72. The molecule has 1 amide bonds.